The van der Waals surface area contributed by atoms with Crippen molar-refractivity contribution in [3.63, 3.8) is 0 Å². The Morgan fingerprint density at radius 1 is 1.14 bits per heavy atom. The summed E-state index contributed by atoms with van der Waals surface area (Å²) in [6.45, 7) is 8.37. The summed E-state index contributed by atoms with van der Waals surface area (Å²) in [5.74, 6) is 1.70. The van der Waals surface area contributed by atoms with Gasteiger partial charge in [-0.15, -0.1) is 11.6 Å². The fraction of sp³-hybridized carbons (Fsp3) is 0.300. The third kappa shape index (κ3) is 5.57. The maximum Gasteiger partial charge on any atom is 0.119 e. The molecular weight excluding hydrogens is 292 g/mol. The molecule has 0 atom stereocenters. The molecule has 22 heavy (non-hydrogen) atoms. The molecule has 118 valence electrons. The molecule has 0 radical (unpaired) electrons. The van der Waals surface area contributed by atoms with Crippen molar-refractivity contribution in [2.75, 3.05) is 13.0 Å². The molecule has 0 heterocycles. The summed E-state index contributed by atoms with van der Waals surface area (Å²) in [7, 11) is 1.68. The highest BCUT2D eigenvalue weighted by molar-refractivity contribution is 6.17. The molecule has 0 aliphatic rings. The highest BCUT2D eigenvalue weighted by Gasteiger charge is 2.05. The first-order chi connectivity index (χ1) is 10.6. The second-order valence-electron chi connectivity index (χ2n) is 5.07. The molecule has 0 bridgehead atoms. The van der Waals surface area contributed by atoms with Gasteiger partial charge < -0.3 is 4.74 Å². The van der Waals surface area contributed by atoms with E-state index in [0.717, 1.165) is 34.8 Å². The smallest absolute Gasteiger partial charge is 0.119 e. The zero-order chi connectivity index (χ0) is 16.4. The minimum absolute atomic E-state index is 0.816. The van der Waals surface area contributed by atoms with E-state index in [4.69, 9.17) is 16.3 Å². The number of hydrogen-bond acceptors (Lipinski definition) is 1. The highest BCUT2D eigenvalue weighted by Crippen LogP contribution is 2.26. The Morgan fingerprint density at radius 2 is 1.82 bits per heavy atom. The Morgan fingerprint density at radius 3 is 2.27 bits per heavy atom. The van der Waals surface area contributed by atoms with E-state index >= 15 is 0 Å². The van der Waals surface area contributed by atoms with Crippen LogP contribution in [-0.2, 0) is 0 Å². The van der Waals surface area contributed by atoms with E-state index < -0.39 is 0 Å². The number of alkyl halides is 1. The van der Waals surface area contributed by atoms with Crippen LogP contribution in [0.2, 0.25) is 0 Å². The zero-order valence-corrected chi connectivity index (χ0v) is 14.5. The number of aryl methyl sites for hydroxylation is 1. The predicted molar refractivity (Wildman–Crippen MR) is 97.9 cm³/mol. The van der Waals surface area contributed by atoms with E-state index in [1.165, 1.54) is 12.0 Å². The third-order valence-electron chi connectivity index (χ3n) is 3.37. The van der Waals surface area contributed by atoms with Crippen LogP contribution in [0.1, 0.15) is 36.5 Å². The first kappa shape index (κ1) is 18.3. The third-order valence-corrected chi connectivity index (χ3v) is 3.64. The van der Waals surface area contributed by atoms with Gasteiger partial charge in [-0.05, 0) is 47.7 Å². The van der Waals surface area contributed by atoms with Crippen molar-refractivity contribution in [1.82, 2.24) is 0 Å². The van der Waals surface area contributed by atoms with Crippen molar-refractivity contribution in [3.05, 3.63) is 71.8 Å². The van der Waals surface area contributed by atoms with Crippen molar-refractivity contribution >= 4 is 17.2 Å². The number of halogens is 1. The van der Waals surface area contributed by atoms with E-state index in [2.05, 4.69) is 38.6 Å². The van der Waals surface area contributed by atoms with Gasteiger partial charge in [0.1, 0.15) is 5.75 Å². The SMILES string of the molecule is C=C(c1ccccc1)c1ccc(OC)cc1C.CCCCCl. The lowest BCUT2D eigenvalue weighted by Gasteiger charge is -2.11. The summed E-state index contributed by atoms with van der Waals surface area (Å²) >= 11 is 5.30. The first-order valence-corrected chi connectivity index (χ1v) is 8.12. The minimum atomic E-state index is 0.816. The normalized spacial score (nSPS) is 9.64. The van der Waals surface area contributed by atoms with E-state index in [0.29, 0.717) is 0 Å². The summed E-state index contributed by atoms with van der Waals surface area (Å²) in [6, 6.07) is 16.3. The van der Waals surface area contributed by atoms with Crippen molar-refractivity contribution in [3.8, 4) is 5.75 Å². The molecule has 2 heteroatoms. The summed E-state index contributed by atoms with van der Waals surface area (Å²) in [5, 5.41) is 0. The lowest BCUT2D eigenvalue weighted by molar-refractivity contribution is 0.414. The van der Waals surface area contributed by atoms with Gasteiger partial charge in [-0.1, -0.05) is 56.3 Å². The summed E-state index contributed by atoms with van der Waals surface area (Å²) in [4.78, 5) is 0. The molecule has 0 amide bonds. The van der Waals surface area contributed by atoms with Gasteiger partial charge >= 0.3 is 0 Å². The molecule has 1 nitrogen and oxygen atoms in total. The summed E-state index contributed by atoms with van der Waals surface area (Å²) in [6.07, 6.45) is 2.37. The quantitative estimate of drug-likeness (QED) is 0.606. The van der Waals surface area contributed by atoms with Crippen LogP contribution in [0.3, 0.4) is 0 Å². The molecule has 2 rings (SSSR count). The van der Waals surface area contributed by atoms with Crippen LogP contribution in [0.4, 0.5) is 0 Å². The van der Waals surface area contributed by atoms with Gasteiger partial charge in [-0.25, -0.2) is 0 Å². The van der Waals surface area contributed by atoms with Crippen LogP contribution >= 0.6 is 11.6 Å². The maximum absolute atomic E-state index is 5.30. The van der Waals surface area contributed by atoms with E-state index in [1.54, 1.807) is 7.11 Å². The Kier molecular flexibility index (Phi) is 8.39. The molecule has 2 aromatic rings. The number of methoxy groups -OCH3 is 1. The molecular formula is C20H25ClO. The van der Waals surface area contributed by atoms with E-state index in [9.17, 15) is 0 Å². The summed E-state index contributed by atoms with van der Waals surface area (Å²) < 4.78 is 5.21. The minimum Gasteiger partial charge on any atom is -0.497 e. The molecule has 0 aliphatic carbocycles. The zero-order valence-electron chi connectivity index (χ0n) is 13.7. The predicted octanol–water partition coefficient (Wildman–Crippen LogP) is 6.09. The molecule has 0 fully saturated rings. The van der Waals surface area contributed by atoms with Crippen LogP contribution in [0.15, 0.2) is 55.1 Å². The van der Waals surface area contributed by atoms with Crippen molar-refractivity contribution < 1.29 is 4.74 Å². The van der Waals surface area contributed by atoms with Crippen molar-refractivity contribution in [2.45, 2.75) is 26.7 Å². The second-order valence-corrected chi connectivity index (χ2v) is 5.45. The fourth-order valence-corrected chi connectivity index (χ4v) is 2.30. The first-order valence-electron chi connectivity index (χ1n) is 7.59. The fourth-order valence-electron chi connectivity index (χ4n) is 2.03. The van der Waals surface area contributed by atoms with Crippen LogP contribution in [0, 0.1) is 6.92 Å². The average molecular weight is 317 g/mol. The molecule has 0 saturated heterocycles. The molecule has 0 aromatic heterocycles. The molecule has 0 aliphatic heterocycles. The standard InChI is InChI=1S/C16H16O.C4H9Cl/c1-12-11-15(17-3)9-10-16(12)13(2)14-7-5-4-6-8-14;1-2-3-4-5/h4-11H,2H2,1,3H3;2-4H2,1H3. The topological polar surface area (TPSA) is 9.23 Å². The van der Waals surface area contributed by atoms with Gasteiger partial charge in [0.25, 0.3) is 0 Å². The Labute approximate surface area is 139 Å². The van der Waals surface area contributed by atoms with Crippen LogP contribution < -0.4 is 4.74 Å². The second kappa shape index (κ2) is 10.1. The Balaban J connectivity index is 0.000000422. The van der Waals surface area contributed by atoms with Crippen LogP contribution in [-0.4, -0.2) is 13.0 Å². The Hall–Kier alpha value is -1.73. The van der Waals surface area contributed by atoms with Crippen molar-refractivity contribution in [2.24, 2.45) is 0 Å². The number of rotatable bonds is 5. The molecule has 2 aromatic carbocycles. The van der Waals surface area contributed by atoms with Gasteiger partial charge in [0.05, 0.1) is 7.11 Å². The van der Waals surface area contributed by atoms with Gasteiger partial charge in [0.15, 0.2) is 0 Å². The number of benzene rings is 2. The lowest BCUT2D eigenvalue weighted by atomic mass is 9.96. The van der Waals surface area contributed by atoms with Crippen LogP contribution in [0.5, 0.6) is 5.75 Å². The van der Waals surface area contributed by atoms with Gasteiger partial charge in [-0.2, -0.15) is 0 Å². The molecule has 0 spiro atoms. The molecule has 0 N–H and O–H groups in total. The molecule has 0 saturated carbocycles. The van der Waals surface area contributed by atoms with Gasteiger partial charge in [0, 0.05) is 5.88 Å². The number of hydrogen-bond donors (Lipinski definition) is 0. The summed E-state index contributed by atoms with van der Waals surface area (Å²) in [5.41, 5.74) is 4.54. The highest BCUT2D eigenvalue weighted by atomic mass is 35.5. The largest absolute Gasteiger partial charge is 0.497 e. The van der Waals surface area contributed by atoms with Gasteiger partial charge in [-0.3, -0.25) is 0 Å². The lowest BCUT2D eigenvalue weighted by Crippen LogP contribution is -1.91. The molecule has 0 unspecified atom stereocenters. The Bertz CT molecular complexity index is 574. The monoisotopic (exact) mass is 316 g/mol. The number of unbranched alkanes of at least 4 members (excludes halogenated alkanes) is 1. The van der Waals surface area contributed by atoms with Gasteiger partial charge in [0.2, 0.25) is 0 Å². The average Bonchev–Trinajstić information content (AvgIpc) is 2.56. The van der Waals surface area contributed by atoms with E-state index in [1.807, 2.05) is 30.3 Å². The number of ether oxygens (including phenoxy) is 1. The van der Waals surface area contributed by atoms with E-state index in [-0.39, 0.29) is 0 Å². The van der Waals surface area contributed by atoms with Crippen LogP contribution in [0.25, 0.3) is 5.57 Å². The van der Waals surface area contributed by atoms with Crippen molar-refractivity contribution in [1.29, 1.82) is 0 Å². The maximum atomic E-state index is 5.30.